The fraction of sp³-hybridized carbons (Fsp3) is 0.231. The second-order valence-electron chi connectivity index (χ2n) is 8.23. The molecule has 0 radical (unpaired) electrons. The number of piperazine rings is 1. The van der Waals surface area contributed by atoms with E-state index in [1.54, 1.807) is 12.4 Å². The van der Waals surface area contributed by atoms with E-state index in [4.69, 9.17) is 4.98 Å². The van der Waals surface area contributed by atoms with Crippen LogP contribution in [0.5, 0.6) is 0 Å². The van der Waals surface area contributed by atoms with Crippen LogP contribution in [0.15, 0.2) is 73.1 Å². The number of hydrogen-bond acceptors (Lipinski definition) is 5. The van der Waals surface area contributed by atoms with E-state index >= 15 is 0 Å². The number of rotatable bonds is 4. The van der Waals surface area contributed by atoms with Crippen LogP contribution < -0.4 is 4.90 Å². The highest BCUT2D eigenvalue weighted by atomic mass is 16.2. The van der Waals surface area contributed by atoms with Crippen molar-refractivity contribution in [1.82, 2.24) is 24.6 Å². The minimum Gasteiger partial charge on any atom is -0.353 e. The predicted molar refractivity (Wildman–Crippen MR) is 129 cm³/mol. The lowest BCUT2D eigenvalue weighted by molar-refractivity contribution is 0.0745. The lowest BCUT2D eigenvalue weighted by Crippen LogP contribution is -2.49. The summed E-state index contributed by atoms with van der Waals surface area (Å²) >= 11 is 0. The van der Waals surface area contributed by atoms with Gasteiger partial charge in [-0.1, -0.05) is 48.5 Å². The number of aryl methyl sites for hydroxylation is 1. The standard InChI is InChI=1S/C26H26N6O/c1-19-8-6-7-11-23(19)32-20(2)22(18-28-32)26(33)31-16-14-30(15-17-31)24-12-13-27-25(29-24)21-9-4-3-5-10-21/h3-13,18H,14-17H2,1-2H3. The summed E-state index contributed by atoms with van der Waals surface area (Å²) in [5.74, 6) is 1.63. The molecule has 3 heterocycles. The number of amides is 1. The summed E-state index contributed by atoms with van der Waals surface area (Å²) in [6.45, 7) is 6.73. The third-order valence-electron chi connectivity index (χ3n) is 6.15. The van der Waals surface area contributed by atoms with Crippen molar-refractivity contribution in [2.24, 2.45) is 0 Å². The molecule has 2 aromatic heterocycles. The van der Waals surface area contributed by atoms with Crippen LogP contribution in [0, 0.1) is 13.8 Å². The number of anilines is 1. The molecular weight excluding hydrogens is 412 g/mol. The van der Waals surface area contributed by atoms with Crippen LogP contribution in [0.1, 0.15) is 21.6 Å². The predicted octanol–water partition coefficient (Wildman–Crippen LogP) is 3.91. The number of para-hydroxylation sites is 1. The first kappa shape index (κ1) is 20.9. The zero-order valence-corrected chi connectivity index (χ0v) is 18.8. The Morgan fingerprint density at radius 3 is 2.36 bits per heavy atom. The molecule has 1 fully saturated rings. The fourth-order valence-corrected chi connectivity index (χ4v) is 4.22. The highest BCUT2D eigenvalue weighted by molar-refractivity contribution is 5.95. The van der Waals surface area contributed by atoms with Crippen molar-refractivity contribution in [3.05, 3.63) is 89.9 Å². The van der Waals surface area contributed by atoms with E-state index in [0.717, 1.165) is 41.4 Å². The molecule has 0 spiro atoms. The zero-order chi connectivity index (χ0) is 22.8. The van der Waals surface area contributed by atoms with Gasteiger partial charge < -0.3 is 9.80 Å². The summed E-state index contributed by atoms with van der Waals surface area (Å²) in [6.07, 6.45) is 3.48. The van der Waals surface area contributed by atoms with Gasteiger partial charge >= 0.3 is 0 Å². The summed E-state index contributed by atoms with van der Waals surface area (Å²) in [5.41, 5.74) is 4.63. The molecule has 0 atom stereocenters. The van der Waals surface area contributed by atoms with Gasteiger partial charge in [-0.25, -0.2) is 14.6 Å². The Bertz CT molecular complexity index is 1270. The van der Waals surface area contributed by atoms with Crippen LogP contribution in [-0.4, -0.2) is 56.7 Å². The van der Waals surface area contributed by atoms with Crippen molar-refractivity contribution in [2.75, 3.05) is 31.1 Å². The van der Waals surface area contributed by atoms with Crippen molar-refractivity contribution in [3.8, 4) is 17.1 Å². The fourth-order valence-electron chi connectivity index (χ4n) is 4.22. The molecule has 33 heavy (non-hydrogen) atoms. The van der Waals surface area contributed by atoms with Gasteiger partial charge in [-0.3, -0.25) is 4.79 Å². The van der Waals surface area contributed by atoms with Gasteiger partial charge in [0, 0.05) is 37.9 Å². The maximum atomic E-state index is 13.3. The van der Waals surface area contributed by atoms with E-state index in [9.17, 15) is 4.79 Å². The summed E-state index contributed by atoms with van der Waals surface area (Å²) in [7, 11) is 0. The van der Waals surface area contributed by atoms with E-state index in [1.807, 2.05) is 84.1 Å². The molecule has 1 aliphatic rings. The van der Waals surface area contributed by atoms with Gasteiger partial charge in [0.2, 0.25) is 0 Å². The molecular formula is C26H26N6O. The molecule has 0 saturated carbocycles. The van der Waals surface area contributed by atoms with Gasteiger partial charge in [0.25, 0.3) is 5.91 Å². The zero-order valence-electron chi connectivity index (χ0n) is 18.8. The van der Waals surface area contributed by atoms with Gasteiger partial charge in [0.05, 0.1) is 23.1 Å². The van der Waals surface area contributed by atoms with Crippen molar-refractivity contribution in [3.63, 3.8) is 0 Å². The van der Waals surface area contributed by atoms with Gasteiger partial charge in [0.1, 0.15) is 5.82 Å². The Balaban J connectivity index is 1.29. The van der Waals surface area contributed by atoms with Crippen LogP contribution in [0.2, 0.25) is 0 Å². The normalized spacial score (nSPS) is 13.9. The van der Waals surface area contributed by atoms with Gasteiger partial charge in [0.15, 0.2) is 5.82 Å². The van der Waals surface area contributed by atoms with Gasteiger partial charge in [-0.05, 0) is 31.5 Å². The van der Waals surface area contributed by atoms with Crippen LogP contribution in [0.4, 0.5) is 5.82 Å². The molecule has 7 heteroatoms. The quantitative estimate of drug-likeness (QED) is 0.483. The number of nitrogens with zero attached hydrogens (tertiary/aromatic N) is 6. The minimum atomic E-state index is 0.0275. The second-order valence-corrected chi connectivity index (χ2v) is 8.23. The Morgan fingerprint density at radius 1 is 0.879 bits per heavy atom. The second kappa shape index (κ2) is 8.86. The summed E-state index contributed by atoms with van der Waals surface area (Å²) < 4.78 is 1.85. The molecule has 2 aromatic carbocycles. The van der Waals surface area contributed by atoms with E-state index in [-0.39, 0.29) is 5.91 Å². The molecule has 0 unspecified atom stereocenters. The molecule has 1 saturated heterocycles. The van der Waals surface area contributed by atoms with Crippen LogP contribution in [0.3, 0.4) is 0 Å². The van der Waals surface area contributed by atoms with Crippen molar-refractivity contribution in [1.29, 1.82) is 0 Å². The van der Waals surface area contributed by atoms with E-state index in [2.05, 4.69) is 15.0 Å². The lowest BCUT2D eigenvalue weighted by Gasteiger charge is -2.35. The monoisotopic (exact) mass is 438 g/mol. The number of benzene rings is 2. The number of hydrogen-bond donors (Lipinski definition) is 0. The molecule has 7 nitrogen and oxygen atoms in total. The summed E-state index contributed by atoms with van der Waals surface area (Å²) in [4.78, 5) is 26.5. The topological polar surface area (TPSA) is 67.2 Å². The maximum Gasteiger partial charge on any atom is 0.257 e. The molecule has 166 valence electrons. The van der Waals surface area contributed by atoms with Crippen LogP contribution >= 0.6 is 0 Å². The molecule has 4 aromatic rings. The first-order chi connectivity index (χ1) is 16.1. The average Bonchev–Trinajstić information content (AvgIpc) is 3.25. The summed E-state index contributed by atoms with van der Waals surface area (Å²) in [5, 5.41) is 4.51. The highest BCUT2D eigenvalue weighted by Gasteiger charge is 2.26. The molecule has 0 bridgehead atoms. The smallest absolute Gasteiger partial charge is 0.257 e. The Hall–Kier alpha value is -4.00. The van der Waals surface area contributed by atoms with Crippen molar-refractivity contribution in [2.45, 2.75) is 13.8 Å². The first-order valence-electron chi connectivity index (χ1n) is 11.1. The third kappa shape index (κ3) is 4.09. The van der Waals surface area contributed by atoms with Gasteiger partial charge in [-0.2, -0.15) is 5.10 Å². The third-order valence-corrected chi connectivity index (χ3v) is 6.15. The minimum absolute atomic E-state index is 0.0275. The lowest BCUT2D eigenvalue weighted by atomic mass is 10.1. The molecule has 1 aliphatic heterocycles. The SMILES string of the molecule is Cc1ccccc1-n1ncc(C(=O)N2CCN(c3ccnc(-c4ccccc4)n3)CC2)c1C. The molecule has 0 aliphatic carbocycles. The molecule has 5 rings (SSSR count). The van der Waals surface area contributed by atoms with Gasteiger partial charge in [-0.15, -0.1) is 0 Å². The average molecular weight is 439 g/mol. The largest absolute Gasteiger partial charge is 0.353 e. The van der Waals surface area contributed by atoms with E-state index < -0.39 is 0 Å². The number of carbonyl (C=O) groups excluding carboxylic acids is 1. The Morgan fingerprint density at radius 2 is 1.61 bits per heavy atom. The van der Waals surface area contributed by atoms with E-state index in [0.29, 0.717) is 24.5 Å². The molecule has 0 N–H and O–H groups in total. The van der Waals surface area contributed by atoms with E-state index in [1.165, 1.54) is 0 Å². The Labute approximate surface area is 193 Å². The van der Waals surface area contributed by atoms with Crippen LogP contribution in [0.25, 0.3) is 17.1 Å². The maximum absolute atomic E-state index is 13.3. The number of carbonyl (C=O) groups is 1. The van der Waals surface area contributed by atoms with Crippen molar-refractivity contribution < 1.29 is 4.79 Å². The van der Waals surface area contributed by atoms with Crippen molar-refractivity contribution >= 4 is 11.7 Å². The molecule has 1 amide bonds. The number of aromatic nitrogens is 4. The summed E-state index contributed by atoms with van der Waals surface area (Å²) in [6, 6.07) is 20.0. The first-order valence-corrected chi connectivity index (χ1v) is 11.1. The highest BCUT2D eigenvalue weighted by Crippen LogP contribution is 2.22. The Kier molecular flexibility index (Phi) is 5.60. The van der Waals surface area contributed by atoms with Crippen LogP contribution in [-0.2, 0) is 0 Å².